The third-order valence-corrected chi connectivity index (χ3v) is 4.36. The Hall–Kier alpha value is -2.82. The molecule has 1 N–H and O–H groups in total. The van der Waals surface area contributed by atoms with Gasteiger partial charge in [0, 0.05) is 19.5 Å². The van der Waals surface area contributed by atoms with Crippen molar-refractivity contribution in [1.82, 2.24) is 4.90 Å². The molecule has 1 fully saturated rings. The van der Waals surface area contributed by atoms with Crippen LogP contribution in [0.4, 0.5) is 0 Å². The number of amides is 1. The molecule has 3 rings (SSSR count). The van der Waals surface area contributed by atoms with Gasteiger partial charge in [-0.15, -0.1) is 0 Å². The summed E-state index contributed by atoms with van der Waals surface area (Å²) in [6.45, 7) is 3.20. The second-order valence-corrected chi connectivity index (χ2v) is 6.44. The number of carboxylic acid groups (broad SMARTS) is 1. The van der Waals surface area contributed by atoms with E-state index in [4.69, 9.17) is 9.84 Å². The molecule has 0 bridgehead atoms. The molecule has 25 heavy (non-hydrogen) atoms. The van der Waals surface area contributed by atoms with Crippen molar-refractivity contribution < 1.29 is 19.4 Å². The van der Waals surface area contributed by atoms with E-state index in [1.165, 1.54) is 5.56 Å². The van der Waals surface area contributed by atoms with Gasteiger partial charge < -0.3 is 14.7 Å². The van der Waals surface area contributed by atoms with E-state index in [-0.39, 0.29) is 18.9 Å². The summed E-state index contributed by atoms with van der Waals surface area (Å²) in [4.78, 5) is 24.6. The topological polar surface area (TPSA) is 66.8 Å². The summed E-state index contributed by atoms with van der Waals surface area (Å²) in [6, 6.07) is 15.7. The summed E-state index contributed by atoms with van der Waals surface area (Å²) in [6.07, 6.45) is 0.0823. The number of hydrogen-bond donors (Lipinski definition) is 1. The number of ether oxygens (including phenoxy) is 1. The number of aryl methyl sites for hydroxylation is 1. The number of rotatable bonds is 6. The summed E-state index contributed by atoms with van der Waals surface area (Å²) >= 11 is 0. The average Bonchev–Trinajstić information content (AvgIpc) is 2.96. The Morgan fingerprint density at radius 1 is 1.20 bits per heavy atom. The highest BCUT2D eigenvalue weighted by Gasteiger charge is 2.34. The highest BCUT2D eigenvalue weighted by atomic mass is 16.5. The molecular weight excluding hydrogens is 318 g/mol. The maximum absolute atomic E-state index is 11.9. The lowest BCUT2D eigenvalue weighted by atomic mass is 10.1. The standard InChI is InChI=1S/C20H21NO4/c1-14-5-7-15(8-6-14)13-25-18-4-2-3-16(9-18)11-21-12-17(20(23)24)10-19(21)22/h2-9,17H,10-13H2,1H3,(H,23,24). The van der Waals surface area contributed by atoms with Gasteiger partial charge in [-0.3, -0.25) is 9.59 Å². The Labute approximate surface area is 146 Å². The van der Waals surface area contributed by atoms with Crippen molar-refractivity contribution in [3.8, 4) is 5.75 Å². The van der Waals surface area contributed by atoms with Gasteiger partial charge in [0.15, 0.2) is 0 Å². The zero-order chi connectivity index (χ0) is 17.8. The largest absolute Gasteiger partial charge is 0.489 e. The predicted molar refractivity (Wildman–Crippen MR) is 93.1 cm³/mol. The molecule has 130 valence electrons. The molecule has 1 heterocycles. The highest BCUT2D eigenvalue weighted by molar-refractivity contribution is 5.86. The van der Waals surface area contributed by atoms with Gasteiger partial charge in [0.05, 0.1) is 5.92 Å². The van der Waals surface area contributed by atoms with Crippen molar-refractivity contribution in [2.75, 3.05) is 6.54 Å². The maximum atomic E-state index is 11.9. The van der Waals surface area contributed by atoms with Crippen LogP contribution < -0.4 is 4.74 Å². The third kappa shape index (κ3) is 4.38. The molecule has 1 atom stereocenters. The first-order valence-electron chi connectivity index (χ1n) is 8.29. The van der Waals surface area contributed by atoms with Gasteiger partial charge in [-0.1, -0.05) is 42.0 Å². The van der Waals surface area contributed by atoms with Crippen molar-refractivity contribution in [1.29, 1.82) is 0 Å². The van der Waals surface area contributed by atoms with E-state index in [1.54, 1.807) is 4.90 Å². The second-order valence-electron chi connectivity index (χ2n) is 6.44. The smallest absolute Gasteiger partial charge is 0.308 e. The summed E-state index contributed by atoms with van der Waals surface area (Å²) < 4.78 is 5.83. The molecule has 0 spiro atoms. The number of carboxylic acids is 1. The lowest BCUT2D eigenvalue weighted by molar-refractivity contribution is -0.141. The van der Waals surface area contributed by atoms with Crippen molar-refractivity contribution in [3.63, 3.8) is 0 Å². The zero-order valence-electron chi connectivity index (χ0n) is 14.1. The van der Waals surface area contributed by atoms with E-state index in [1.807, 2.05) is 55.5 Å². The van der Waals surface area contributed by atoms with Crippen LogP contribution >= 0.6 is 0 Å². The Kier molecular flexibility index (Phi) is 5.03. The van der Waals surface area contributed by atoms with Gasteiger partial charge in [-0.2, -0.15) is 0 Å². The van der Waals surface area contributed by atoms with Crippen LogP contribution in [0.2, 0.25) is 0 Å². The van der Waals surface area contributed by atoms with Crippen molar-refractivity contribution in [2.24, 2.45) is 5.92 Å². The van der Waals surface area contributed by atoms with E-state index in [2.05, 4.69) is 0 Å². The second kappa shape index (κ2) is 7.38. The number of benzene rings is 2. The molecule has 0 saturated carbocycles. The number of hydrogen-bond acceptors (Lipinski definition) is 3. The zero-order valence-corrected chi connectivity index (χ0v) is 14.1. The molecule has 5 heteroatoms. The Morgan fingerprint density at radius 2 is 1.96 bits per heavy atom. The van der Waals surface area contributed by atoms with Crippen molar-refractivity contribution in [3.05, 3.63) is 65.2 Å². The molecule has 1 aliphatic heterocycles. The van der Waals surface area contributed by atoms with Crippen LogP contribution in [-0.4, -0.2) is 28.4 Å². The number of nitrogens with zero attached hydrogens (tertiary/aromatic N) is 1. The fourth-order valence-electron chi connectivity index (χ4n) is 2.90. The first kappa shape index (κ1) is 17.0. The summed E-state index contributed by atoms with van der Waals surface area (Å²) in [7, 11) is 0. The quantitative estimate of drug-likeness (QED) is 0.878. The average molecular weight is 339 g/mol. The van der Waals surface area contributed by atoms with Crippen LogP contribution in [0, 0.1) is 12.8 Å². The third-order valence-electron chi connectivity index (χ3n) is 4.36. The summed E-state index contributed by atoms with van der Waals surface area (Å²) in [5, 5.41) is 9.06. The van der Waals surface area contributed by atoms with E-state index < -0.39 is 11.9 Å². The molecule has 0 aromatic heterocycles. The van der Waals surface area contributed by atoms with Crippen LogP contribution in [0.25, 0.3) is 0 Å². The monoisotopic (exact) mass is 339 g/mol. The number of likely N-dealkylation sites (tertiary alicyclic amines) is 1. The fraction of sp³-hybridized carbons (Fsp3) is 0.300. The number of aliphatic carboxylic acids is 1. The van der Waals surface area contributed by atoms with Crippen LogP contribution in [0.5, 0.6) is 5.75 Å². The maximum Gasteiger partial charge on any atom is 0.308 e. The Balaban J connectivity index is 1.60. The first-order chi connectivity index (χ1) is 12.0. The molecule has 2 aromatic carbocycles. The van der Waals surface area contributed by atoms with Gasteiger partial charge >= 0.3 is 5.97 Å². The van der Waals surface area contributed by atoms with Crippen LogP contribution in [-0.2, 0) is 22.7 Å². The van der Waals surface area contributed by atoms with Gasteiger partial charge in [0.2, 0.25) is 5.91 Å². The highest BCUT2D eigenvalue weighted by Crippen LogP contribution is 2.22. The minimum Gasteiger partial charge on any atom is -0.489 e. The van der Waals surface area contributed by atoms with E-state index in [0.717, 1.165) is 16.9 Å². The normalized spacial score (nSPS) is 16.9. The van der Waals surface area contributed by atoms with Gasteiger partial charge in [-0.05, 0) is 30.2 Å². The number of carbonyl (C=O) groups excluding carboxylic acids is 1. The molecule has 1 saturated heterocycles. The fourth-order valence-corrected chi connectivity index (χ4v) is 2.90. The molecular formula is C20H21NO4. The summed E-state index contributed by atoms with van der Waals surface area (Å²) in [5.74, 6) is -0.891. The lowest BCUT2D eigenvalue weighted by Gasteiger charge is -2.16. The summed E-state index contributed by atoms with van der Waals surface area (Å²) in [5.41, 5.74) is 3.23. The molecule has 5 nitrogen and oxygen atoms in total. The predicted octanol–water partition coefficient (Wildman–Crippen LogP) is 3.01. The minimum absolute atomic E-state index is 0.0823. The van der Waals surface area contributed by atoms with Crippen molar-refractivity contribution >= 4 is 11.9 Å². The van der Waals surface area contributed by atoms with Crippen LogP contribution in [0.15, 0.2) is 48.5 Å². The Morgan fingerprint density at radius 3 is 2.64 bits per heavy atom. The van der Waals surface area contributed by atoms with Gasteiger partial charge in [0.1, 0.15) is 12.4 Å². The van der Waals surface area contributed by atoms with E-state index in [0.29, 0.717) is 13.2 Å². The van der Waals surface area contributed by atoms with Crippen LogP contribution in [0.1, 0.15) is 23.1 Å². The molecule has 1 amide bonds. The Bertz CT molecular complexity index is 770. The number of carbonyl (C=O) groups is 2. The van der Waals surface area contributed by atoms with E-state index in [9.17, 15) is 9.59 Å². The molecule has 1 unspecified atom stereocenters. The van der Waals surface area contributed by atoms with E-state index >= 15 is 0 Å². The first-order valence-corrected chi connectivity index (χ1v) is 8.29. The minimum atomic E-state index is -0.911. The SMILES string of the molecule is Cc1ccc(COc2cccc(CN3CC(C(=O)O)CC3=O)c2)cc1. The lowest BCUT2D eigenvalue weighted by Crippen LogP contribution is -2.25. The molecule has 2 aromatic rings. The molecule has 0 aliphatic carbocycles. The van der Waals surface area contributed by atoms with Gasteiger partial charge in [0.25, 0.3) is 0 Å². The molecule has 1 aliphatic rings. The van der Waals surface area contributed by atoms with Gasteiger partial charge in [-0.25, -0.2) is 0 Å². The van der Waals surface area contributed by atoms with Crippen LogP contribution in [0.3, 0.4) is 0 Å². The molecule has 0 radical (unpaired) electrons. The van der Waals surface area contributed by atoms with Crippen molar-refractivity contribution in [2.45, 2.75) is 26.5 Å².